The summed E-state index contributed by atoms with van der Waals surface area (Å²) in [5, 5.41) is 30.2. The molecule has 3 rings (SSSR count). The lowest BCUT2D eigenvalue weighted by atomic mass is 10.2. The van der Waals surface area contributed by atoms with Crippen molar-refractivity contribution in [3.8, 4) is 17.2 Å². The number of aromatic nitrogens is 3. The van der Waals surface area contributed by atoms with E-state index in [4.69, 9.17) is 4.74 Å². The van der Waals surface area contributed by atoms with E-state index < -0.39 is 62.5 Å². The van der Waals surface area contributed by atoms with Gasteiger partial charge in [0.2, 0.25) is 0 Å². The minimum atomic E-state index is -4.95. The quantitative estimate of drug-likeness (QED) is 0.254. The van der Waals surface area contributed by atoms with E-state index in [1.54, 1.807) is 5.32 Å². The zero-order chi connectivity index (χ0) is 29.5. The summed E-state index contributed by atoms with van der Waals surface area (Å²) in [6.07, 6.45) is -9.55. The highest BCUT2D eigenvalue weighted by Crippen LogP contribution is 2.27. The van der Waals surface area contributed by atoms with Crippen LogP contribution in [0.15, 0.2) is 48.5 Å². The molecule has 11 nitrogen and oxygen atoms in total. The number of carbonyl (C=O) groups is 2. The Balaban J connectivity index is 1.89. The number of hydrogen-bond donors (Lipinski definition) is 4. The fourth-order valence-electron chi connectivity index (χ4n) is 3.17. The van der Waals surface area contributed by atoms with Crippen LogP contribution in [0.1, 0.15) is 26.5 Å². The predicted octanol–water partition coefficient (Wildman–Crippen LogP) is 2.12. The first-order valence-electron chi connectivity index (χ1n) is 11.2. The molecule has 0 aliphatic carbocycles. The fraction of sp³-hybridized carbons (Fsp3) is 0.304. The van der Waals surface area contributed by atoms with Crippen LogP contribution in [0, 0.1) is 0 Å². The Hall–Kier alpha value is -4.38. The predicted molar refractivity (Wildman–Crippen MR) is 123 cm³/mol. The number of ether oxygens (including phenoxy) is 2. The highest BCUT2D eigenvalue weighted by Gasteiger charge is 2.31. The molecular weight excluding hydrogens is 556 g/mol. The average molecular weight is 577 g/mol. The van der Waals surface area contributed by atoms with Crippen molar-refractivity contribution in [2.45, 2.75) is 25.2 Å². The second-order valence-electron chi connectivity index (χ2n) is 7.99. The van der Waals surface area contributed by atoms with Crippen LogP contribution in [-0.2, 0) is 6.61 Å². The molecule has 4 N–H and O–H groups in total. The molecule has 17 heteroatoms. The van der Waals surface area contributed by atoms with Crippen molar-refractivity contribution < 1.29 is 55.6 Å². The van der Waals surface area contributed by atoms with Gasteiger partial charge in [0.1, 0.15) is 30.3 Å². The molecule has 0 aliphatic heterocycles. The SMILES string of the molecule is O=C(NCC(F)(F)F)c1ccc(-n2nnc(C(=O)NC(CO)CO)c2COc2cccc(OC(F)(F)F)c2)cc1. The third kappa shape index (κ3) is 8.57. The lowest BCUT2D eigenvalue weighted by molar-refractivity contribution is -0.274. The minimum absolute atomic E-state index is 0.0384. The topological polar surface area (TPSA) is 148 Å². The van der Waals surface area contributed by atoms with E-state index in [1.807, 2.05) is 0 Å². The molecule has 0 spiro atoms. The van der Waals surface area contributed by atoms with Crippen LogP contribution in [0.4, 0.5) is 26.3 Å². The molecule has 0 radical (unpaired) electrons. The molecule has 216 valence electrons. The van der Waals surface area contributed by atoms with Crippen LogP contribution in [0.2, 0.25) is 0 Å². The second kappa shape index (κ2) is 12.6. The van der Waals surface area contributed by atoms with Crippen molar-refractivity contribution in [2.75, 3.05) is 19.8 Å². The number of benzene rings is 2. The van der Waals surface area contributed by atoms with Gasteiger partial charge >= 0.3 is 12.5 Å². The maximum absolute atomic E-state index is 12.8. The molecule has 0 atom stereocenters. The number of amides is 2. The summed E-state index contributed by atoms with van der Waals surface area (Å²) in [7, 11) is 0. The number of nitrogens with zero attached hydrogens (tertiary/aromatic N) is 3. The number of alkyl halides is 6. The van der Waals surface area contributed by atoms with E-state index >= 15 is 0 Å². The normalized spacial score (nSPS) is 11.8. The Morgan fingerprint density at radius 2 is 1.60 bits per heavy atom. The Morgan fingerprint density at radius 3 is 2.20 bits per heavy atom. The van der Waals surface area contributed by atoms with Gasteiger partial charge in [-0.3, -0.25) is 9.59 Å². The van der Waals surface area contributed by atoms with Crippen molar-refractivity contribution in [1.82, 2.24) is 25.6 Å². The summed E-state index contributed by atoms with van der Waals surface area (Å²) in [5.41, 5.74) is -0.295. The molecule has 0 aliphatic rings. The lowest BCUT2D eigenvalue weighted by Crippen LogP contribution is -2.40. The molecule has 1 aromatic heterocycles. The summed E-state index contributed by atoms with van der Waals surface area (Å²) < 4.78 is 85.3. The van der Waals surface area contributed by atoms with E-state index in [0.717, 1.165) is 16.8 Å². The molecule has 2 amide bonds. The van der Waals surface area contributed by atoms with E-state index in [1.165, 1.54) is 36.4 Å². The summed E-state index contributed by atoms with van der Waals surface area (Å²) in [6.45, 7) is -3.23. The zero-order valence-electron chi connectivity index (χ0n) is 20.2. The van der Waals surface area contributed by atoms with Crippen molar-refractivity contribution in [3.05, 3.63) is 65.5 Å². The Kier molecular flexibility index (Phi) is 9.54. The Labute approximate surface area is 221 Å². The first kappa shape index (κ1) is 30.2. The molecule has 0 saturated heterocycles. The van der Waals surface area contributed by atoms with Crippen LogP contribution in [-0.4, -0.2) is 75.4 Å². The van der Waals surface area contributed by atoms with Gasteiger partial charge in [0.15, 0.2) is 5.69 Å². The van der Waals surface area contributed by atoms with Gasteiger partial charge in [0, 0.05) is 11.6 Å². The van der Waals surface area contributed by atoms with E-state index in [0.29, 0.717) is 0 Å². The molecule has 0 fully saturated rings. The Bertz CT molecular complexity index is 1310. The lowest BCUT2D eigenvalue weighted by Gasteiger charge is -2.14. The van der Waals surface area contributed by atoms with Gasteiger partial charge in [-0.05, 0) is 36.4 Å². The number of halogens is 6. The summed E-state index contributed by atoms with van der Waals surface area (Å²) in [6, 6.07) is 8.47. The number of aliphatic hydroxyl groups excluding tert-OH is 2. The standard InChI is InChI=1S/C23H21F6N5O6/c24-22(25,26)12-30-20(37)13-4-6-15(7-5-13)34-18(19(32-33-34)21(38)31-14(9-35)10-36)11-39-16-2-1-3-17(8-16)40-23(27,28)29/h1-8,14,35-36H,9-12H2,(H,30,37)(H,31,38). The maximum atomic E-state index is 12.8. The van der Waals surface area contributed by atoms with Crippen molar-refractivity contribution in [1.29, 1.82) is 0 Å². The maximum Gasteiger partial charge on any atom is 0.573 e. The number of rotatable bonds is 11. The molecule has 0 bridgehead atoms. The van der Waals surface area contributed by atoms with Crippen LogP contribution >= 0.6 is 0 Å². The highest BCUT2D eigenvalue weighted by molar-refractivity contribution is 5.94. The molecule has 1 heterocycles. The number of nitrogens with one attached hydrogen (secondary N) is 2. The Morgan fingerprint density at radius 1 is 0.950 bits per heavy atom. The summed E-state index contributed by atoms with van der Waals surface area (Å²) in [5.74, 6) is -2.52. The first-order chi connectivity index (χ1) is 18.8. The number of aliphatic hydroxyl groups is 2. The first-order valence-corrected chi connectivity index (χ1v) is 11.2. The summed E-state index contributed by atoms with van der Waals surface area (Å²) in [4.78, 5) is 24.8. The van der Waals surface area contributed by atoms with Gasteiger partial charge in [-0.1, -0.05) is 11.3 Å². The van der Waals surface area contributed by atoms with Crippen LogP contribution in [0.25, 0.3) is 5.69 Å². The third-order valence-electron chi connectivity index (χ3n) is 4.99. The van der Waals surface area contributed by atoms with E-state index in [-0.39, 0.29) is 28.4 Å². The van der Waals surface area contributed by atoms with Gasteiger partial charge in [-0.25, -0.2) is 4.68 Å². The molecule has 3 aromatic rings. The van der Waals surface area contributed by atoms with Gasteiger partial charge in [0.05, 0.1) is 24.9 Å². The van der Waals surface area contributed by atoms with Crippen molar-refractivity contribution >= 4 is 11.8 Å². The van der Waals surface area contributed by atoms with Gasteiger partial charge < -0.3 is 30.3 Å². The molecule has 0 unspecified atom stereocenters. The van der Waals surface area contributed by atoms with Gasteiger partial charge in [-0.2, -0.15) is 13.2 Å². The highest BCUT2D eigenvalue weighted by atomic mass is 19.4. The molecule has 40 heavy (non-hydrogen) atoms. The average Bonchev–Trinajstić information content (AvgIpc) is 3.32. The van der Waals surface area contributed by atoms with Gasteiger partial charge in [-0.15, -0.1) is 18.3 Å². The van der Waals surface area contributed by atoms with Crippen LogP contribution < -0.4 is 20.1 Å². The summed E-state index contributed by atoms with van der Waals surface area (Å²) >= 11 is 0. The van der Waals surface area contributed by atoms with E-state index in [2.05, 4.69) is 20.4 Å². The molecule has 0 saturated carbocycles. The second-order valence-corrected chi connectivity index (χ2v) is 7.99. The number of carbonyl (C=O) groups excluding carboxylic acids is 2. The van der Waals surface area contributed by atoms with Gasteiger partial charge in [0.25, 0.3) is 11.8 Å². The zero-order valence-corrected chi connectivity index (χ0v) is 20.2. The molecular formula is C23H21F6N5O6. The van der Waals surface area contributed by atoms with Crippen LogP contribution in [0.5, 0.6) is 11.5 Å². The third-order valence-corrected chi connectivity index (χ3v) is 4.99. The smallest absolute Gasteiger partial charge is 0.487 e. The fourth-order valence-corrected chi connectivity index (χ4v) is 3.17. The minimum Gasteiger partial charge on any atom is -0.487 e. The van der Waals surface area contributed by atoms with Crippen molar-refractivity contribution in [3.63, 3.8) is 0 Å². The van der Waals surface area contributed by atoms with E-state index in [9.17, 15) is 46.1 Å². The monoisotopic (exact) mass is 577 g/mol. The van der Waals surface area contributed by atoms with Crippen LogP contribution in [0.3, 0.4) is 0 Å². The van der Waals surface area contributed by atoms with Crippen molar-refractivity contribution in [2.24, 2.45) is 0 Å². The largest absolute Gasteiger partial charge is 0.573 e. The molecule has 2 aromatic carbocycles. The number of hydrogen-bond acceptors (Lipinski definition) is 8.